The molecule has 2 rings (SSSR count). The van der Waals surface area contributed by atoms with Crippen LogP contribution in [0.15, 0.2) is 24.3 Å². The summed E-state index contributed by atoms with van der Waals surface area (Å²) in [5.74, 6) is -1.72. The van der Waals surface area contributed by atoms with E-state index in [1.807, 2.05) is 0 Å². The maximum Gasteiger partial charge on any atom is 0.305 e. The molecule has 9 nitrogen and oxygen atoms in total. The summed E-state index contributed by atoms with van der Waals surface area (Å²) in [6.07, 6.45) is 0.0479. The molecule has 0 saturated carbocycles. The number of hydrogen-bond acceptors (Lipinski definition) is 6. The molecule has 0 aromatic heterocycles. The number of carbonyl (C=O) groups is 4. The van der Waals surface area contributed by atoms with Crippen LogP contribution in [0.3, 0.4) is 0 Å². The number of carbonyl (C=O) groups excluding carboxylic acids is 4. The summed E-state index contributed by atoms with van der Waals surface area (Å²) >= 11 is 6.00. The maximum absolute atomic E-state index is 12.6. The molecule has 0 unspecified atom stereocenters. The first-order valence-corrected chi connectivity index (χ1v) is 10.5. The Hall–Kier alpha value is -2.65. The van der Waals surface area contributed by atoms with Gasteiger partial charge in [0.1, 0.15) is 6.04 Å². The summed E-state index contributed by atoms with van der Waals surface area (Å²) in [7, 11) is 0. The summed E-state index contributed by atoms with van der Waals surface area (Å²) in [6.45, 7) is 4.96. The summed E-state index contributed by atoms with van der Waals surface area (Å²) in [5.41, 5.74) is 0.273. The van der Waals surface area contributed by atoms with Crippen molar-refractivity contribution in [3.63, 3.8) is 0 Å². The SMILES string of the molecule is CC(=O)O[C@H](CNC(=O)[C@@H]1CCCN1C(=O)CNC(=O)c1ccccc1Cl)OC(C)C. The van der Waals surface area contributed by atoms with Gasteiger partial charge in [0.05, 0.1) is 29.8 Å². The zero-order valence-corrected chi connectivity index (χ0v) is 18.6. The van der Waals surface area contributed by atoms with E-state index in [0.29, 0.717) is 19.4 Å². The van der Waals surface area contributed by atoms with Crippen LogP contribution in [0.4, 0.5) is 0 Å². The van der Waals surface area contributed by atoms with E-state index in [-0.39, 0.29) is 41.6 Å². The van der Waals surface area contributed by atoms with Crippen molar-refractivity contribution in [3.05, 3.63) is 34.9 Å². The number of likely N-dealkylation sites (tertiary alicyclic amines) is 1. The van der Waals surface area contributed by atoms with Gasteiger partial charge >= 0.3 is 5.97 Å². The molecule has 1 aliphatic heterocycles. The molecule has 0 radical (unpaired) electrons. The normalized spacial score (nSPS) is 16.7. The fourth-order valence-electron chi connectivity index (χ4n) is 3.24. The zero-order valence-electron chi connectivity index (χ0n) is 17.9. The number of amides is 3. The van der Waals surface area contributed by atoms with E-state index in [2.05, 4.69) is 10.6 Å². The van der Waals surface area contributed by atoms with Crippen LogP contribution in [0.1, 0.15) is 44.0 Å². The van der Waals surface area contributed by atoms with E-state index >= 15 is 0 Å². The highest BCUT2D eigenvalue weighted by molar-refractivity contribution is 6.33. The molecule has 3 amide bonds. The van der Waals surface area contributed by atoms with E-state index in [1.54, 1.807) is 38.1 Å². The molecule has 10 heteroatoms. The van der Waals surface area contributed by atoms with Crippen molar-refractivity contribution in [2.24, 2.45) is 0 Å². The molecule has 1 aromatic rings. The number of rotatable bonds is 9. The van der Waals surface area contributed by atoms with Crippen LogP contribution in [0.5, 0.6) is 0 Å². The standard InChI is InChI=1S/C21H28ClN3O6/c1-13(2)30-19(31-14(3)26)12-24-21(29)17-9-6-10-25(17)18(27)11-23-20(28)15-7-4-5-8-16(15)22/h4-5,7-8,13,17,19H,6,9-12H2,1-3H3,(H,23,28)(H,24,29)/t17-,19+/m0/s1. The fraction of sp³-hybridized carbons (Fsp3) is 0.524. The first-order valence-electron chi connectivity index (χ1n) is 10.1. The second kappa shape index (κ2) is 11.7. The number of esters is 1. The highest BCUT2D eigenvalue weighted by Crippen LogP contribution is 2.18. The molecule has 1 heterocycles. The van der Waals surface area contributed by atoms with Crippen molar-refractivity contribution < 1.29 is 28.7 Å². The molecule has 0 bridgehead atoms. The fourth-order valence-corrected chi connectivity index (χ4v) is 3.47. The topological polar surface area (TPSA) is 114 Å². The van der Waals surface area contributed by atoms with Gasteiger partial charge in [-0.3, -0.25) is 19.2 Å². The second-order valence-electron chi connectivity index (χ2n) is 7.38. The Morgan fingerprint density at radius 1 is 1.19 bits per heavy atom. The third-order valence-electron chi connectivity index (χ3n) is 4.56. The quantitative estimate of drug-likeness (QED) is 0.432. The van der Waals surface area contributed by atoms with E-state index < -0.39 is 24.2 Å². The molecule has 1 fully saturated rings. The van der Waals surface area contributed by atoms with Crippen LogP contribution < -0.4 is 10.6 Å². The lowest BCUT2D eigenvalue weighted by molar-refractivity contribution is -0.183. The van der Waals surface area contributed by atoms with Crippen LogP contribution in [-0.4, -0.2) is 66.7 Å². The predicted molar refractivity (Wildman–Crippen MR) is 113 cm³/mol. The van der Waals surface area contributed by atoms with Crippen LogP contribution in [-0.2, 0) is 23.9 Å². The van der Waals surface area contributed by atoms with Crippen LogP contribution >= 0.6 is 11.6 Å². The van der Waals surface area contributed by atoms with Crippen LogP contribution in [0.2, 0.25) is 5.02 Å². The minimum Gasteiger partial charge on any atom is -0.434 e. The summed E-state index contributed by atoms with van der Waals surface area (Å²) in [4.78, 5) is 50.2. The van der Waals surface area contributed by atoms with Gasteiger partial charge in [-0.2, -0.15) is 0 Å². The zero-order chi connectivity index (χ0) is 23.0. The van der Waals surface area contributed by atoms with Gasteiger partial charge in [-0.1, -0.05) is 23.7 Å². The number of hydrogen-bond donors (Lipinski definition) is 2. The number of benzene rings is 1. The molecular weight excluding hydrogens is 426 g/mol. The molecule has 0 aliphatic carbocycles. The van der Waals surface area contributed by atoms with Crippen molar-refractivity contribution in [1.29, 1.82) is 0 Å². The largest absolute Gasteiger partial charge is 0.434 e. The Bertz CT molecular complexity index is 816. The van der Waals surface area contributed by atoms with Crippen molar-refractivity contribution >= 4 is 35.3 Å². The molecule has 31 heavy (non-hydrogen) atoms. The lowest BCUT2D eigenvalue weighted by atomic mass is 10.2. The number of nitrogens with one attached hydrogen (secondary N) is 2. The predicted octanol–water partition coefficient (Wildman–Crippen LogP) is 1.49. The Balaban J connectivity index is 1.89. The Labute approximate surface area is 186 Å². The lowest BCUT2D eigenvalue weighted by Crippen LogP contribution is -2.50. The van der Waals surface area contributed by atoms with Crippen LogP contribution in [0.25, 0.3) is 0 Å². The molecular formula is C21H28ClN3O6. The van der Waals surface area contributed by atoms with Gasteiger partial charge in [-0.05, 0) is 38.8 Å². The first kappa shape index (κ1) is 24.6. The number of halogens is 1. The molecule has 2 N–H and O–H groups in total. The molecule has 0 spiro atoms. The lowest BCUT2D eigenvalue weighted by Gasteiger charge is -2.25. The van der Waals surface area contributed by atoms with E-state index in [9.17, 15) is 19.2 Å². The minimum absolute atomic E-state index is 0.0294. The smallest absolute Gasteiger partial charge is 0.305 e. The molecule has 1 aromatic carbocycles. The highest BCUT2D eigenvalue weighted by Gasteiger charge is 2.34. The van der Waals surface area contributed by atoms with Gasteiger partial charge in [0.25, 0.3) is 5.91 Å². The number of ether oxygens (including phenoxy) is 2. The third-order valence-corrected chi connectivity index (χ3v) is 4.89. The Morgan fingerprint density at radius 2 is 1.90 bits per heavy atom. The molecule has 1 aliphatic rings. The second-order valence-corrected chi connectivity index (χ2v) is 7.78. The van der Waals surface area contributed by atoms with Gasteiger partial charge in [0.2, 0.25) is 18.1 Å². The number of nitrogens with zero attached hydrogens (tertiary/aromatic N) is 1. The van der Waals surface area contributed by atoms with Crippen molar-refractivity contribution in [2.45, 2.75) is 52.0 Å². The average molecular weight is 454 g/mol. The Morgan fingerprint density at radius 3 is 2.55 bits per heavy atom. The van der Waals surface area contributed by atoms with Gasteiger partial charge in [-0.25, -0.2) is 0 Å². The van der Waals surface area contributed by atoms with E-state index in [1.165, 1.54) is 11.8 Å². The maximum atomic E-state index is 12.6. The van der Waals surface area contributed by atoms with Crippen molar-refractivity contribution in [2.75, 3.05) is 19.6 Å². The third kappa shape index (κ3) is 7.52. The summed E-state index contributed by atoms with van der Waals surface area (Å²) < 4.78 is 10.5. The van der Waals surface area contributed by atoms with Gasteiger partial charge in [0.15, 0.2) is 0 Å². The minimum atomic E-state index is -0.915. The molecule has 170 valence electrons. The highest BCUT2D eigenvalue weighted by atomic mass is 35.5. The van der Waals surface area contributed by atoms with Crippen molar-refractivity contribution in [1.82, 2.24) is 15.5 Å². The first-order chi connectivity index (χ1) is 14.7. The summed E-state index contributed by atoms with van der Waals surface area (Å²) in [5, 5.41) is 5.51. The van der Waals surface area contributed by atoms with Gasteiger partial charge in [-0.15, -0.1) is 0 Å². The average Bonchev–Trinajstić information content (AvgIpc) is 3.19. The summed E-state index contributed by atoms with van der Waals surface area (Å²) in [6, 6.07) is 5.87. The van der Waals surface area contributed by atoms with E-state index in [0.717, 1.165) is 0 Å². The van der Waals surface area contributed by atoms with Crippen LogP contribution in [0, 0.1) is 0 Å². The monoisotopic (exact) mass is 453 g/mol. The molecule has 2 atom stereocenters. The van der Waals surface area contributed by atoms with E-state index in [4.69, 9.17) is 21.1 Å². The Kier molecular flexibility index (Phi) is 9.26. The van der Waals surface area contributed by atoms with Gasteiger partial charge in [0, 0.05) is 13.5 Å². The molecule has 1 saturated heterocycles. The van der Waals surface area contributed by atoms with Crippen molar-refractivity contribution in [3.8, 4) is 0 Å². The van der Waals surface area contributed by atoms with Gasteiger partial charge < -0.3 is 25.0 Å².